The van der Waals surface area contributed by atoms with Crippen LogP contribution in [0.5, 0.6) is 0 Å². The van der Waals surface area contributed by atoms with Gasteiger partial charge >= 0.3 is 0 Å². The van der Waals surface area contributed by atoms with Crippen LogP contribution >= 0.6 is 0 Å². The fourth-order valence-corrected chi connectivity index (χ4v) is 3.20. The summed E-state index contributed by atoms with van der Waals surface area (Å²) in [6, 6.07) is 12.8. The van der Waals surface area contributed by atoms with Crippen molar-refractivity contribution in [3.05, 3.63) is 71.0 Å². The molecule has 26 heavy (non-hydrogen) atoms. The topological polar surface area (TPSA) is 58.6 Å². The Labute approximate surface area is 151 Å². The third-order valence-electron chi connectivity index (χ3n) is 4.46. The fourth-order valence-electron chi connectivity index (χ4n) is 3.20. The highest BCUT2D eigenvalue weighted by Gasteiger charge is 2.36. The van der Waals surface area contributed by atoms with E-state index in [0.717, 1.165) is 11.1 Å². The van der Waals surface area contributed by atoms with Crippen molar-refractivity contribution >= 4 is 11.8 Å². The molecule has 0 saturated carbocycles. The Kier molecular flexibility index (Phi) is 5.63. The fraction of sp³-hybridized carbons (Fsp3) is 0.300. The molecule has 0 aromatic heterocycles. The number of fused-ring (bicyclic) bond motifs is 1. The molecule has 1 N–H and O–H groups in total. The number of hydrogen-bond acceptors (Lipinski definition) is 3. The lowest BCUT2D eigenvalue weighted by molar-refractivity contribution is -0.142. The third-order valence-corrected chi connectivity index (χ3v) is 4.46. The number of nitrogens with one attached hydrogen (secondary N) is 1. The number of carbonyl (C=O) groups is 2. The van der Waals surface area contributed by atoms with Crippen LogP contribution in [0.1, 0.15) is 22.7 Å². The van der Waals surface area contributed by atoms with Crippen molar-refractivity contribution in [1.29, 1.82) is 0 Å². The SMILES string of the molecule is COCCN1C(=O)Cc2ccccc2C1C(=O)NCc1cccc(F)c1. The zero-order valence-corrected chi connectivity index (χ0v) is 14.6. The van der Waals surface area contributed by atoms with Gasteiger partial charge in [-0.1, -0.05) is 36.4 Å². The molecule has 2 aromatic rings. The van der Waals surface area contributed by atoms with E-state index in [9.17, 15) is 14.0 Å². The Balaban J connectivity index is 1.82. The molecule has 1 atom stereocenters. The smallest absolute Gasteiger partial charge is 0.247 e. The molecular formula is C20H21FN2O3. The third kappa shape index (κ3) is 3.91. The molecular weight excluding hydrogens is 335 g/mol. The zero-order chi connectivity index (χ0) is 18.5. The normalized spacial score (nSPS) is 16.3. The molecule has 0 fully saturated rings. The Morgan fingerprint density at radius 3 is 2.85 bits per heavy atom. The summed E-state index contributed by atoms with van der Waals surface area (Å²) in [4.78, 5) is 27.0. The largest absolute Gasteiger partial charge is 0.383 e. The molecule has 1 heterocycles. The van der Waals surface area contributed by atoms with Crippen molar-refractivity contribution in [2.75, 3.05) is 20.3 Å². The second-order valence-electron chi connectivity index (χ2n) is 6.21. The molecule has 1 aliphatic rings. The number of rotatable bonds is 6. The van der Waals surface area contributed by atoms with Crippen molar-refractivity contribution in [1.82, 2.24) is 10.2 Å². The second kappa shape index (κ2) is 8.10. The number of benzene rings is 2. The minimum Gasteiger partial charge on any atom is -0.383 e. The minimum atomic E-state index is -0.712. The number of nitrogens with zero attached hydrogens (tertiary/aromatic N) is 1. The zero-order valence-electron chi connectivity index (χ0n) is 14.6. The molecule has 0 spiro atoms. The Morgan fingerprint density at radius 2 is 2.08 bits per heavy atom. The van der Waals surface area contributed by atoms with E-state index in [1.807, 2.05) is 24.3 Å². The molecule has 0 aliphatic carbocycles. The molecule has 0 saturated heterocycles. The predicted octanol–water partition coefficient (Wildman–Crippen LogP) is 2.21. The predicted molar refractivity (Wildman–Crippen MR) is 94.7 cm³/mol. The molecule has 2 aromatic carbocycles. The summed E-state index contributed by atoms with van der Waals surface area (Å²) in [5, 5.41) is 2.82. The Hall–Kier alpha value is -2.73. The van der Waals surface area contributed by atoms with Crippen molar-refractivity contribution < 1.29 is 18.7 Å². The molecule has 5 nitrogen and oxygen atoms in total. The monoisotopic (exact) mass is 356 g/mol. The van der Waals surface area contributed by atoms with Gasteiger partial charge < -0.3 is 15.0 Å². The first-order chi connectivity index (χ1) is 12.6. The Bertz CT molecular complexity index is 809. The van der Waals surface area contributed by atoms with Gasteiger partial charge in [0.05, 0.1) is 13.0 Å². The number of methoxy groups -OCH3 is 1. The lowest BCUT2D eigenvalue weighted by Gasteiger charge is -2.36. The van der Waals surface area contributed by atoms with Crippen molar-refractivity contribution in [3.8, 4) is 0 Å². The van der Waals surface area contributed by atoms with Gasteiger partial charge in [-0.05, 0) is 28.8 Å². The molecule has 136 valence electrons. The van der Waals surface area contributed by atoms with Crippen LogP contribution in [0.3, 0.4) is 0 Å². The minimum absolute atomic E-state index is 0.105. The van der Waals surface area contributed by atoms with E-state index >= 15 is 0 Å². The maximum atomic E-state index is 13.3. The number of ether oxygens (including phenoxy) is 1. The maximum absolute atomic E-state index is 13.3. The van der Waals surface area contributed by atoms with Gasteiger partial charge in [0.15, 0.2) is 0 Å². The van der Waals surface area contributed by atoms with Gasteiger partial charge in [0, 0.05) is 20.2 Å². The van der Waals surface area contributed by atoms with Gasteiger partial charge in [0.1, 0.15) is 11.9 Å². The highest BCUT2D eigenvalue weighted by molar-refractivity contribution is 5.92. The number of hydrogen-bond donors (Lipinski definition) is 1. The average molecular weight is 356 g/mol. The first-order valence-electron chi connectivity index (χ1n) is 8.48. The molecule has 1 unspecified atom stereocenters. The summed E-state index contributed by atoms with van der Waals surface area (Å²) < 4.78 is 18.4. The van der Waals surface area contributed by atoms with Gasteiger partial charge in [-0.3, -0.25) is 9.59 Å². The van der Waals surface area contributed by atoms with E-state index in [0.29, 0.717) is 18.7 Å². The summed E-state index contributed by atoms with van der Waals surface area (Å²) in [5.74, 6) is -0.742. The quantitative estimate of drug-likeness (QED) is 0.863. The van der Waals surface area contributed by atoms with Crippen LogP contribution in [0.2, 0.25) is 0 Å². The molecule has 6 heteroatoms. The van der Waals surface area contributed by atoms with Crippen LogP contribution in [-0.2, 0) is 27.3 Å². The van der Waals surface area contributed by atoms with E-state index in [4.69, 9.17) is 4.74 Å². The van der Waals surface area contributed by atoms with Crippen LogP contribution in [-0.4, -0.2) is 37.0 Å². The lowest BCUT2D eigenvalue weighted by atomic mass is 9.91. The van der Waals surface area contributed by atoms with Crippen molar-refractivity contribution in [2.24, 2.45) is 0 Å². The van der Waals surface area contributed by atoms with Crippen LogP contribution in [0.4, 0.5) is 4.39 Å². The summed E-state index contributed by atoms with van der Waals surface area (Å²) in [5.41, 5.74) is 2.34. The number of amides is 2. The van der Waals surface area contributed by atoms with E-state index in [1.54, 1.807) is 24.1 Å². The van der Waals surface area contributed by atoms with Gasteiger partial charge in [-0.2, -0.15) is 0 Å². The van der Waals surface area contributed by atoms with Crippen LogP contribution < -0.4 is 5.32 Å². The van der Waals surface area contributed by atoms with Gasteiger partial charge in [0.2, 0.25) is 11.8 Å². The summed E-state index contributed by atoms with van der Waals surface area (Å²) in [6.07, 6.45) is 0.271. The molecule has 2 amide bonds. The Morgan fingerprint density at radius 1 is 1.27 bits per heavy atom. The van der Waals surface area contributed by atoms with Crippen molar-refractivity contribution in [2.45, 2.75) is 19.0 Å². The first kappa shape index (κ1) is 18.1. The highest BCUT2D eigenvalue weighted by Crippen LogP contribution is 2.30. The summed E-state index contributed by atoms with van der Waals surface area (Å²) in [7, 11) is 1.56. The average Bonchev–Trinajstić information content (AvgIpc) is 2.64. The molecule has 1 aliphatic heterocycles. The van der Waals surface area contributed by atoms with Gasteiger partial charge in [0.25, 0.3) is 0 Å². The van der Waals surface area contributed by atoms with Gasteiger partial charge in [-0.25, -0.2) is 4.39 Å². The second-order valence-corrected chi connectivity index (χ2v) is 6.21. The van der Waals surface area contributed by atoms with Crippen molar-refractivity contribution in [3.63, 3.8) is 0 Å². The molecule has 0 bridgehead atoms. The first-order valence-corrected chi connectivity index (χ1v) is 8.48. The van der Waals surface area contributed by atoms with Crippen LogP contribution in [0.25, 0.3) is 0 Å². The van der Waals surface area contributed by atoms with Gasteiger partial charge in [-0.15, -0.1) is 0 Å². The highest BCUT2D eigenvalue weighted by atomic mass is 19.1. The number of halogens is 1. The summed E-state index contributed by atoms with van der Waals surface area (Å²) >= 11 is 0. The maximum Gasteiger partial charge on any atom is 0.247 e. The summed E-state index contributed by atoms with van der Waals surface area (Å²) in [6.45, 7) is 0.880. The standard InChI is InChI=1S/C20H21FN2O3/c1-26-10-9-23-18(24)12-15-6-2-3-8-17(15)19(23)20(25)22-13-14-5-4-7-16(21)11-14/h2-8,11,19H,9-10,12-13H2,1H3,(H,22,25). The van der Waals surface area contributed by atoms with Crippen LogP contribution in [0, 0.1) is 5.82 Å². The molecule has 3 rings (SSSR count). The number of carbonyl (C=O) groups excluding carboxylic acids is 2. The molecule has 0 radical (unpaired) electrons. The van der Waals surface area contributed by atoms with E-state index in [2.05, 4.69) is 5.32 Å². The van der Waals surface area contributed by atoms with E-state index in [-0.39, 0.29) is 30.6 Å². The lowest BCUT2D eigenvalue weighted by Crippen LogP contribution is -2.48. The van der Waals surface area contributed by atoms with E-state index in [1.165, 1.54) is 12.1 Å². The van der Waals surface area contributed by atoms with Crippen LogP contribution in [0.15, 0.2) is 48.5 Å². The van der Waals surface area contributed by atoms with E-state index < -0.39 is 6.04 Å².